The molecule has 1 N–H and O–H groups in total. The molecular weight excluding hydrogens is 324 g/mol. The summed E-state index contributed by atoms with van der Waals surface area (Å²) in [5, 5.41) is 3.76. The molecule has 26 heavy (non-hydrogen) atoms. The summed E-state index contributed by atoms with van der Waals surface area (Å²) in [5.41, 5.74) is 2.27. The molecule has 1 aromatic carbocycles. The first-order valence-corrected chi connectivity index (χ1v) is 10.0. The van der Waals surface area contributed by atoms with Gasteiger partial charge in [0.1, 0.15) is 12.4 Å². The number of carbonyl (C=O) groups is 1. The maximum atomic E-state index is 13.5. The summed E-state index contributed by atoms with van der Waals surface area (Å²) in [6.45, 7) is 5.77. The number of fused-ring (bicyclic) bond motifs is 2. The minimum Gasteiger partial charge on any atom is -0.333 e. The van der Waals surface area contributed by atoms with E-state index in [1.54, 1.807) is 0 Å². The molecule has 3 fully saturated rings. The minimum atomic E-state index is 0.237. The van der Waals surface area contributed by atoms with Gasteiger partial charge in [0.15, 0.2) is 0 Å². The maximum absolute atomic E-state index is 13.5. The second-order valence-electron chi connectivity index (χ2n) is 8.66. The summed E-state index contributed by atoms with van der Waals surface area (Å²) in [6.07, 6.45) is 6.09. The first-order chi connectivity index (χ1) is 12.6. The van der Waals surface area contributed by atoms with E-state index in [1.165, 1.54) is 19.3 Å². The number of rotatable bonds is 2. The summed E-state index contributed by atoms with van der Waals surface area (Å²) in [6, 6.07) is 9.42. The molecule has 5 nitrogen and oxygen atoms in total. The van der Waals surface area contributed by atoms with Crippen LogP contribution in [0, 0.1) is 12.3 Å². The van der Waals surface area contributed by atoms with Crippen LogP contribution in [0.4, 0.5) is 0 Å². The number of hydrogen-bond donors (Lipinski definition) is 1. The maximum Gasteiger partial charge on any atom is 0.243 e. The molecule has 138 valence electrons. The van der Waals surface area contributed by atoms with Crippen LogP contribution in [-0.4, -0.2) is 45.0 Å². The second-order valence-corrected chi connectivity index (χ2v) is 8.66. The second kappa shape index (κ2) is 5.81. The zero-order valence-corrected chi connectivity index (χ0v) is 15.7. The van der Waals surface area contributed by atoms with Crippen LogP contribution in [-0.2, 0) is 11.3 Å². The third-order valence-corrected chi connectivity index (χ3v) is 7.21. The van der Waals surface area contributed by atoms with Crippen LogP contribution in [0.25, 0.3) is 11.0 Å². The zero-order valence-electron chi connectivity index (χ0n) is 15.7. The summed E-state index contributed by atoms with van der Waals surface area (Å²) in [5.74, 6) is 1.18. The molecule has 0 radical (unpaired) electrons. The van der Waals surface area contributed by atoms with Gasteiger partial charge in [0.2, 0.25) is 5.91 Å². The van der Waals surface area contributed by atoms with Gasteiger partial charge in [0.25, 0.3) is 0 Å². The lowest BCUT2D eigenvalue weighted by Gasteiger charge is -2.39. The van der Waals surface area contributed by atoms with Crippen molar-refractivity contribution in [1.82, 2.24) is 19.8 Å². The van der Waals surface area contributed by atoms with Crippen LogP contribution >= 0.6 is 0 Å². The Labute approximate surface area is 154 Å². The van der Waals surface area contributed by atoms with Gasteiger partial charge in [-0.3, -0.25) is 4.79 Å². The van der Waals surface area contributed by atoms with Gasteiger partial charge >= 0.3 is 0 Å². The number of amides is 1. The molecule has 5 rings (SSSR count). The number of likely N-dealkylation sites (tertiary alicyclic amines) is 1. The van der Waals surface area contributed by atoms with Gasteiger partial charge in [0.05, 0.1) is 11.0 Å². The highest BCUT2D eigenvalue weighted by atomic mass is 16.2. The van der Waals surface area contributed by atoms with Crippen molar-refractivity contribution < 1.29 is 4.79 Å². The SMILES string of the molecule is Cc1nc2ccccc2n1CC(=O)N1[C@@H]2CN[C@@H]3CCCC[C@H]1[C@]3(C)C2. The largest absolute Gasteiger partial charge is 0.333 e. The van der Waals surface area contributed by atoms with E-state index < -0.39 is 0 Å². The van der Waals surface area contributed by atoms with Crippen molar-refractivity contribution in [3.8, 4) is 0 Å². The molecule has 1 aromatic heterocycles. The van der Waals surface area contributed by atoms with Crippen molar-refractivity contribution in [1.29, 1.82) is 0 Å². The Bertz CT molecular complexity index is 859. The molecule has 3 heterocycles. The van der Waals surface area contributed by atoms with Gasteiger partial charge in [-0.2, -0.15) is 0 Å². The molecule has 3 aliphatic rings. The molecule has 0 spiro atoms. The molecular formula is C21H28N4O. The van der Waals surface area contributed by atoms with Gasteiger partial charge in [0, 0.05) is 30.1 Å². The summed E-state index contributed by atoms with van der Waals surface area (Å²) >= 11 is 0. The van der Waals surface area contributed by atoms with E-state index in [1.807, 2.05) is 25.1 Å². The van der Waals surface area contributed by atoms with Crippen molar-refractivity contribution in [2.24, 2.45) is 5.41 Å². The lowest BCUT2D eigenvalue weighted by atomic mass is 9.72. The van der Waals surface area contributed by atoms with E-state index >= 15 is 0 Å². The smallest absolute Gasteiger partial charge is 0.243 e. The third kappa shape index (κ3) is 2.26. The quantitative estimate of drug-likeness (QED) is 0.904. The normalized spacial score (nSPS) is 33.5. The van der Waals surface area contributed by atoms with Crippen molar-refractivity contribution >= 4 is 16.9 Å². The van der Waals surface area contributed by atoms with Crippen molar-refractivity contribution in [3.05, 3.63) is 30.1 Å². The summed E-state index contributed by atoms with van der Waals surface area (Å²) in [4.78, 5) is 20.3. The molecule has 2 bridgehead atoms. The molecule has 1 aliphatic carbocycles. The van der Waals surface area contributed by atoms with E-state index in [4.69, 9.17) is 0 Å². The first-order valence-electron chi connectivity index (χ1n) is 10.0. The number of nitrogens with zero attached hydrogens (tertiary/aromatic N) is 3. The van der Waals surface area contributed by atoms with E-state index in [0.717, 1.165) is 36.2 Å². The van der Waals surface area contributed by atoms with Gasteiger partial charge in [-0.25, -0.2) is 4.98 Å². The van der Waals surface area contributed by atoms with Crippen LogP contribution in [0.1, 0.15) is 44.9 Å². The van der Waals surface area contributed by atoms with Crippen molar-refractivity contribution in [2.45, 2.75) is 70.6 Å². The molecule has 5 heteroatoms. The average Bonchev–Trinajstić information content (AvgIpc) is 2.99. The Hall–Kier alpha value is -1.88. The summed E-state index contributed by atoms with van der Waals surface area (Å²) in [7, 11) is 0. The fourth-order valence-electron chi connectivity index (χ4n) is 5.95. The van der Waals surface area contributed by atoms with Crippen molar-refractivity contribution in [2.75, 3.05) is 6.54 Å². The van der Waals surface area contributed by atoms with Gasteiger partial charge in [-0.05, 0) is 38.3 Å². The average molecular weight is 352 g/mol. The van der Waals surface area contributed by atoms with Crippen LogP contribution in [0.3, 0.4) is 0 Å². The Morgan fingerprint density at radius 1 is 1.31 bits per heavy atom. The monoisotopic (exact) mass is 352 g/mol. The molecule has 2 aromatic rings. The zero-order chi connectivity index (χ0) is 17.9. The fraction of sp³-hybridized carbons (Fsp3) is 0.619. The van der Waals surface area contributed by atoms with Crippen LogP contribution in [0.15, 0.2) is 24.3 Å². The first kappa shape index (κ1) is 16.3. The highest BCUT2D eigenvalue weighted by Crippen LogP contribution is 2.50. The lowest BCUT2D eigenvalue weighted by molar-refractivity contribution is -0.135. The van der Waals surface area contributed by atoms with Crippen LogP contribution < -0.4 is 5.32 Å². The van der Waals surface area contributed by atoms with Crippen LogP contribution in [0.5, 0.6) is 0 Å². The summed E-state index contributed by atoms with van der Waals surface area (Å²) < 4.78 is 2.09. The Balaban J connectivity index is 1.47. The van der Waals surface area contributed by atoms with Crippen molar-refractivity contribution in [3.63, 3.8) is 0 Å². The number of nitrogens with one attached hydrogen (secondary N) is 1. The standard InChI is InChI=1S/C21H28N4O/c1-14-23-16-7-3-4-8-17(16)24(14)13-20(26)25-15-11-21(2)18(22-12-15)9-5-6-10-19(21)25/h3-4,7-8,15,18-19,22H,5-6,9-13H2,1-2H3/t15-,18+,19-,21+/m0/s1. The topological polar surface area (TPSA) is 50.2 Å². The third-order valence-electron chi connectivity index (χ3n) is 7.21. The minimum absolute atomic E-state index is 0.237. The number of benzene rings is 1. The molecule has 4 atom stereocenters. The number of aryl methyl sites for hydroxylation is 1. The van der Waals surface area contributed by atoms with E-state index in [9.17, 15) is 4.79 Å². The number of piperidine rings is 1. The fourth-order valence-corrected chi connectivity index (χ4v) is 5.95. The van der Waals surface area contributed by atoms with E-state index in [2.05, 4.69) is 32.8 Å². The Morgan fingerprint density at radius 3 is 3.00 bits per heavy atom. The van der Waals surface area contributed by atoms with Gasteiger partial charge in [-0.1, -0.05) is 31.9 Å². The predicted molar refractivity (Wildman–Crippen MR) is 102 cm³/mol. The molecule has 2 aliphatic heterocycles. The van der Waals surface area contributed by atoms with Crippen LogP contribution in [0.2, 0.25) is 0 Å². The predicted octanol–water partition coefficient (Wildman–Crippen LogP) is 2.87. The Kier molecular flexibility index (Phi) is 3.64. The van der Waals surface area contributed by atoms with E-state index in [0.29, 0.717) is 24.7 Å². The number of para-hydroxylation sites is 2. The Morgan fingerprint density at radius 2 is 2.12 bits per heavy atom. The number of imidazole rings is 1. The highest BCUT2D eigenvalue weighted by molar-refractivity contribution is 5.82. The number of hydrogen-bond acceptors (Lipinski definition) is 3. The number of carbonyl (C=O) groups excluding carboxylic acids is 1. The lowest BCUT2D eigenvalue weighted by Crippen LogP contribution is -2.51. The van der Waals surface area contributed by atoms with Gasteiger partial charge < -0.3 is 14.8 Å². The van der Waals surface area contributed by atoms with Gasteiger partial charge in [-0.15, -0.1) is 0 Å². The highest BCUT2D eigenvalue weighted by Gasteiger charge is 2.57. The van der Waals surface area contributed by atoms with E-state index in [-0.39, 0.29) is 11.3 Å². The molecule has 0 unspecified atom stereocenters. The molecule has 1 amide bonds. The molecule has 2 saturated heterocycles. The molecule has 1 saturated carbocycles. The number of aromatic nitrogens is 2.